The van der Waals surface area contributed by atoms with Crippen molar-refractivity contribution in [3.05, 3.63) is 58.7 Å². The van der Waals surface area contributed by atoms with Crippen molar-refractivity contribution in [2.75, 3.05) is 26.0 Å². The van der Waals surface area contributed by atoms with Gasteiger partial charge in [0.15, 0.2) is 11.5 Å². The van der Waals surface area contributed by atoms with Crippen LogP contribution < -0.4 is 14.8 Å². The summed E-state index contributed by atoms with van der Waals surface area (Å²) in [4.78, 5) is 26.0. The summed E-state index contributed by atoms with van der Waals surface area (Å²) >= 11 is 0. The maximum atomic E-state index is 12.4. The van der Waals surface area contributed by atoms with Gasteiger partial charge in [-0.15, -0.1) is 0 Å². The number of benzene rings is 2. The van der Waals surface area contributed by atoms with Gasteiger partial charge in [0.1, 0.15) is 0 Å². The van der Waals surface area contributed by atoms with Crippen molar-refractivity contribution in [1.29, 1.82) is 0 Å². The summed E-state index contributed by atoms with van der Waals surface area (Å²) in [5.74, 6) is -0.684. The molecule has 2 aromatic carbocycles. The highest BCUT2D eigenvalue weighted by Gasteiger charge is 2.14. The first kappa shape index (κ1) is 23.9. The normalized spacial score (nSPS) is 11.0. The number of hydrogen-bond acceptors (Lipinski definition) is 4. The van der Waals surface area contributed by atoms with Crippen LogP contribution in [0.4, 0.5) is 14.5 Å². The number of amides is 2. The summed E-state index contributed by atoms with van der Waals surface area (Å²) < 4.78 is 34.2. The second-order valence-electron chi connectivity index (χ2n) is 7.14. The molecule has 8 heteroatoms. The van der Waals surface area contributed by atoms with Gasteiger partial charge in [-0.05, 0) is 55.7 Å². The average molecular weight is 432 g/mol. The van der Waals surface area contributed by atoms with Crippen molar-refractivity contribution in [3.8, 4) is 11.5 Å². The molecule has 0 saturated carbocycles. The molecule has 0 spiro atoms. The second kappa shape index (κ2) is 10.6. The standard InChI is InChI=1S/C23H26F2N2O4/c1-14-10-15(2)22(16(3)11-14)26-20(28)13-27(4)21(29)9-7-17-6-8-18(31-23(24)25)19(12-17)30-5/h6-12,23H,13H2,1-5H3,(H,26,28)/b9-7+. The van der Waals surface area contributed by atoms with Gasteiger partial charge in [-0.2, -0.15) is 8.78 Å². The molecule has 0 heterocycles. The fourth-order valence-electron chi connectivity index (χ4n) is 3.13. The van der Waals surface area contributed by atoms with Gasteiger partial charge in [0.05, 0.1) is 13.7 Å². The average Bonchev–Trinajstić information content (AvgIpc) is 2.69. The molecule has 166 valence electrons. The summed E-state index contributed by atoms with van der Waals surface area (Å²) in [6.45, 7) is 2.72. The summed E-state index contributed by atoms with van der Waals surface area (Å²) in [5.41, 5.74) is 4.30. The molecule has 6 nitrogen and oxygen atoms in total. The van der Waals surface area contributed by atoms with E-state index < -0.39 is 6.61 Å². The van der Waals surface area contributed by atoms with Crippen LogP contribution in [-0.4, -0.2) is 44.0 Å². The molecule has 2 aromatic rings. The summed E-state index contributed by atoms with van der Waals surface area (Å²) in [7, 11) is 2.84. The van der Waals surface area contributed by atoms with Gasteiger partial charge in [0, 0.05) is 18.8 Å². The molecule has 0 aliphatic carbocycles. The quantitative estimate of drug-likeness (QED) is 0.631. The first-order chi connectivity index (χ1) is 14.6. The topological polar surface area (TPSA) is 67.9 Å². The minimum Gasteiger partial charge on any atom is -0.493 e. The number of ether oxygens (including phenoxy) is 2. The minimum atomic E-state index is -2.97. The van der Waals surface area contributed by atoms with E-state index in [1.54, 1.807) is 0 Å². The van der Waals surface area contributed by atoms with Crippen molar-refractivity contribution < 1.29 is 27.8 Å². The van der Waals surface area contributed by atoms with E-state index in [-0.39, 0.29) is 29.9 Å². The number of halogens is 2. The highest BCUT2D eigenvalue weighted by molar-refractivity contribution is 5.98. The number of carbonyl (C=O) groups is 2. The van der Waals surface area contributed by atoms with Gasteiger partial charge in [-0.1, -0.05) is 23.8 Å². The monoisotopic (exact) mass is 432 g/mol. The number of hydrogen-bond donors (Lipinski definition) is 1. The zero-order valence-electron chi connectivity index (χ0n) is 18.2. The fraction of sp³-hybridized carbons (Fsp3) is 0.304. The van der Waals surface area contributed by atoms with E-state index in [4.69, 9.17) is 4.74 Å². The SMILES string of the molecule is COc1cc(/C=C/C(=O)N(C)CC(=O)Nc2c(C)cc(C)cc2C)ccc1OC(F)F. The van der Waals surface area contributed by atoms with Crippen molar-refractivity contribution in [2.45, 2.75) is 27.4 Å². The number of anilines is 1. The van der Waals surface area contributed by atoms with Gasteiger partial charge in [0.2, 0.25) is 11.8 Å². The highest BCUT2D eigenvalue weighted by atomic mass is 19.3. The van der Waals surface area contributed by atoms with Gasteiger partial charge < -0.3 is 19.7 Å². The number of methoxy groups -OCH3 is 1. The first-order valence-electron chi connectivity index (χ1n) is 9.54. The lowest BCUT2D eigenvalue weighted by Crippen LogP contribution is -2.34. The van der Waals surface area contributed by atoms with E-state index >= 15 is 0 Å². The largest absolute Gasteiger partial charge is 0.493 e. The number of carbonyl (C=O) groups excluding carboxylic acids is 2. The molecule has 0 aliphatic rings. The Kier molecular flexibility index (Phi) is 8.13. The van der Waals surface area contributed by atoms with E-state index in [0.717, 1.165) is 22.4 Å². The molecule has 2 amide bonds. The molecule has 1 N–H and O–H groups in total. The van der Waals surface area contributed by atoms with E-state index in [1.165, 1.54) is 49.4 Å². The molecule has 0 unspecified atom stereocenters. The van der Waals surface area contributed by atoms with Crippen molar-refractivity contribution in [1.82, 2.24) is 4.90 Å². The van der Waals surface area contributed by atoms with Gasteiger partial charge in [-0.3, -0.25) is 9.59 Å². The Morgan fingerprint density at radius 2 is 1.74 bits per heavy atom. The van der Waals surface area contributed by atoms with Crippen LogP contribution in [0.15, 0.2) is 36.4 Å². The van der Waals surface area contributed by atoms with Crippen LogP contribution in [0, 0.1) is 20.8 Å². The van der Waals surface area contributed by atoms with Crippen LogP contribution in [0.3, 0.4) is 0 Å². The highest BCUT2D eigenvalue weighted by Crippen LogP contribution is 2.29. The lowest BCUT2D eigenvalue weighted by molar-refractivity contribution is -0.129. The Hall–Kier alpha value is -3.42. The molecule has 31 heavy (non-hydrogen) atoms. The van der Waals surface area contributed by atoms with E-state index in [0.29, 0.717) is 5.56 Å². The number of rotatable bonds is 8. The maximum Gasteiger partial charge on any atom is 0.387 e. The van der Waals surface area contributed by atoms with Crippen LogP contribution in [0.1, 0.15) is 22.3 Å². The van der Waals surface area contributed by atoms with Crippen LogP contribution >= 0.6 is 0 Å². The molecule has 0 fully saturated rings. The number of alkyl halides is 2. The Labute approximate surface area is 180 Å². The van der Waals surface area contributed by atoms with Gasteiger partial charge in [-0.25, -0.2) is 0 Å². The van der Waals surface area contributed by atoms with Crippen LogP contribution in [-0.2, 0) is 9.59 Å². The predicted molar refractivity (Wildman–Crippen MR) is 116 cm³/mol. The van der Waals surface area contributed by atoms with Crippen molar-refractivity contribution in [2.24, 2.45) is 0 Å². The van der Waals surface area contributed by atoms with E-state index in [2.05, 4.69) is 10.1 Å². The smallest absolute Gasteiger partial charge is 0.387 e. The van der Waals surface area contributed by atoms with E-state index in [9.17, 15) is 18.4 Å². The van der Waals surface area contributed by atoms with E-state index in [1.807, 2.05) is 32.9 Å². The second-order valence-corrected chi connectivity index (χ2v) is 7.14. The number of nitrogens with one attached hydrogen (secondary N) is 1. The fourth-order valence-corrected chi connectivity index (χ4v) is 3.13. The Balaban J connectivity index is 2.00. The molecule has 0 radical (unpaired) electrons. The maximum absolute atomic E-state index is 12.4. The minimum absolute atomic E-state index is 0.101. The summed E-state index contributed by atoms with van der Waals surface area (Å²) in [6, 6.07) is 8.27. The van der Waals surface area contributed by atoms with Gasteiger partial charge >= 0.3 is 6.61 Å². The summed E-state index contributed by atoms with van der Waals surface area (Å²) in [5, 5.41) is 2.85. The molecule has 0 aromatic heterocycles. The molecule has 2 rings (SSSR count). The molecule has 0 aliphatic heterocycles. The van der Waals surface area contributed by atoms with Crippen LogP contribution in [0.25, 0.3) is 6.08 Å². The summed E-state index contributed by atoms with van der Waals surface area (Å²) in [6.07, 6.45) is 2.79. The lowest BCUT2D eigenvalue weighted by atomic mass is 10.1. The third kappa shape index (κ3) is 6.80. The molecular weight excluding hydrogens is 406 g/mol. The predicted octanol–water partition coefficient (Wildman–Crippen LogP) is 4.33. The number of nitrogens with zero attached hydrogens (tertiary/aromatic N) is 1. The molecule has 0 bridgehead atoms. The Bertz CT molecular complexity index is 967. The number of aryl methyl sites for hydroxylation is 3. The van der Waals surface area contributed by atoms with Crippen LogP contribution in [0.5, 0.6) is 11.5 Å². The van der Waals surface area contributed by atoms with Crippen molar-refractivity contribution in [3.63, 3.8) is 0 Å². The third-order valence-electron chi connectivity index (χ3n) is 4.52. The van der Waals surface area contributed by atoms with Crippen molar-refractivity contribution >= 4 is 23.6 Å². The Morgan fingerprint density at radius 3 is 2.32 bits per heavy atom. The Morgan fingerprint density at radius 1 is 1.10 bits per heavy atom. The third-order valence-corrected chi connectivity index (χ3v) is 4.52. The van der Waals surface area contributed by atoms with Gasteiger partial charge in [0.25, 0.3) is 0 Å². The zero-order valence-corrected chi connectivity index (χ0v) is 18.2. The molecule has 0 saturated heterocycles. The lowest BCUT2D eigenvalue weighted by Gasteiger charge is -2.17. The first-order valence-corrected chi connectivity index (χ1v) is 9.54. The zero-order chi connectivity index (χ0) is 23.1. The molecule has 0 atom stereocenters. The molecular formula is C23H26F2N2O4. The van der Waals surface area contributed by atoms with Crippen LogP contribution in [0.2, 0.25) is 0 Å². The number of likely N-dealkylation sites (N-methyl/N-ethyl adjacent to an activating group) is 1.